The van der Waals surface area contributed by atoms with Crippen molar-refractivity contribution >= 4 is 128 Å². The standard InChI is InChI=1S/C71H67BN4S/c1-42-36-59-65-60(37-42)76-61-40-46(71(11,12)13)39-52-51-38-45(70(8,9)10)28-35-55(51)75(66(52)61)57-21-16-19-54(67(57)76)72(65)53-34-33-49(41-58(53)74(59)56-20-17-23-63-64(56)50-18-14-15-22-62(50)77-63)73(47-29-24-43(25-30-47)68(2,3)4)48-31-26-44(27-32-48)69(5,6)7/h14-41H,1-13H3/i14D,15D,16D,17D,18D,19D,20D,21D,22D,23D,24D,25D,26D,27D,28D,29D,30D,31D,32D,33D,34D,35D,36D,37D,38D,39D,40D,41D. The van der Waals surface area contributed by atoms with E-state index in [1.54, 1.807) is 83.1 Å². The largest absolute Gasteiger partial charge is 0.311 e. The summed E-state index contributed by atoms with van der Waals surface area (Å²) < 4.78 is 281. The fourth-order valence-corrected chi connectivity index (χ4v) is 11.6. The van der Waals surface area contributed by atoms with Crippen LogP contribution in [0.5, 0.6) is 0 Å². The Bertz CT molecular complexity index is 5850. The van der Waals surface area contributed by atoms with E-state index in [0.29, 0.717) is 16.2 Å². The third-order valence-electron chi connectivity index (χ3n) is 14.5. The fraction of sp³-hybridized carbons (Fsp3) is 0.239. The fourth-order valence-electron chi connectivity index (χ4n) is 10.6. The molecule has 5 heterocycles. The molecule has 2 aromatic heterocycles. The molecule has 380 valence electrons. The summed E-state index contributed by atoms with van der Waals surface area (Å²) in [5, 5.41) is -0.749. The van der Waals surface area contributed by atoms with E-state index in [-0.39, 0.29) is 122 Å². The van der Waals surface area contributed by atoms with Gasteiger partial charge in [-0.3, -0.25) is 0 Å². The van der Waals surface area contributed by atoms with Crippen molar-refractivity contribution in [2.24, 2.45) is 0 Å². The quantitative estimate of drug-likeness (QED) is 0.163. The average Bonchev–Trinajstić information content (AvgIpc) is 1.65. The number of nitrogens with zero attached hydrogens (tertiary/aromatic N) is 4. The third kappa shape index (κ3) is 7.16. The first kappa shape index (κ1) is 26.7. The number of hydrogen-bond acceptors (Lipinski definition) is 4. The van der Waals surface area contributed by atoms with Crippen LogP contribution in [0.25, 0.3) is 47.7 Å². The topological polar surface area (TPSA) is 14.7 Å². The van der Waals surface area contributed by atoms with Crippen LogP contribution in [0.1, 0.15) is 149 Å². The highest BCUT2D eigenvalue weighted by atomic mass is 32.1. The summed E-state index contributed by atoms with van der Waals surface area (Å²) in [5.41, 5.74) is -11.7. The van der Waals surface area contributed by atoms with Crippen LogP contribution in [0, 0.1) is 6.92 Å². The highest BCUT2D eigenvalue weighted by Crippen LogP contribution is 2.55. The summed E-state index contributed by atoms with van der Waals surface area (Å²) in [6.07, 6.45) is 0. The summed E-state index contributed by atoms with van der Waals surface area (Å²) >= 11 is 0.656. The zero-order chi connectivity index (χ0) is 77.8. The number of anilines is 9. The number of thiophene rings is 1. The molecule has 0 saturated carbocycles. The summed E-state index contributed by atoms with van der Waals surface area (Å²) in [5.74, 6) is 0. The molecule has 6 heteroatoms. The summed E-state index contributed by atoms with van der Waals surface area (Å²) in [7, 11) is 0. The molecule has 3 aliphatic heterocycles. The number of benzene rings is 9. The molecular formula is C71H67BN4S. The molecule has 0 spiro atoms. The molecule has 0 amide bonds. The Morgan fingerprint density at radius 1 is 0.429 bits per heavy atom. The molecule has 0 N–H and O–H groups in total. The van der Waals surface area contributed by atoms with E-state index in [4.69, 9.17) is 2.74 Å². The number of rotatable bonds is 4. The van der Waals surface area contributed by atoms with Crippen LogP contribution >= 0.6 is 11.3 Å². The van der Waals surface area contributed by atoms with Gasteiger partial charge in [0.15, 0.2) is 0 Å². The molecule has 14 rings (SSSR count). The molecule has 0 aliphatic carbocycles. The lowest BCUT2D eigenvalue weighted by atomic mass is 9.33. The van der Waals surface area contributed by atoms with Crippen molar-refractivity contribution in [3.05, 3.63) is 197 Å². The van der Waals surface area contributed by atoms with Crippen molar-refractivity contribution < 1.29 is 38.4 Å². The van der Waals surface area contributed by atoms with Crippen LogP contribution in [0.2, 0.25) is 0 Å². The predicted octanol–water partition coefficient (Wildman–Crippen LogP) is 18.5. The lowest BCUT2D eigenvalue weighted by molar-refractivity contribution is 0.590. The lowest BCUT2D eigenvalue weighted by Gasteiger charge is -2.46. The second-order valence-electron chi connectivity index (χ2n) is 24.1. The van der Waals surface area contributed by atoms with Gasteiger partial charge >= 0.3 is 0 Å². The van der Waals surface area contributed by atoms with Gasteiger partial charge in [-0.2, -0.15) is 0 Å². The average molecular weight is 1050 g/mol. The van der Waals surface area contributed by atoms with Crippen LogP contribution in [0.3, 0.4) is 0 Å². The summed E-state index contributed by atoms with van der Waals surface area (Å²) in [4.78, 5) is 3.08. The number of aromatic nitrogens is 1. The Morgan fingerprint density at radius 3 is 1.66 bits per heavy atom. The maximum absolute atomic E-state index is 11.3. The van der Waals surface area contributed by atoms with Crippen molar-refractivity contribution in [3.63, 3.8) is 0 Å². The van der Waals surface area contributed by atoms with Crippen LogP contribution in [0.15, 0.2) is 169 Å². The van der Waals surface area contributed by atoms with Crippen molar-refractivity contribution in [2.75, 3.05) is 14.7 Å². The van der Waals surface area contributed by atoms with Gasteiger partial charge in [-0.05, 0) is 169 Å². The molecule has 11 aromatic rings. The van der Waals surface area contributed by atoms with Gasteiger partial charge in [-0.15, -0.1) is 11.3 Å². The Labute approximate surface area is 498 Å². The Morgan fingerprint density at radius 2 is 1.00 bits per heavy atom. The van der Waals surface area contributed by atoms with E-state index in [2.05, 4.69) is 0 Å². The lowest BCUT2D eigenvalue weighted by Crippen LogP contribution is -2.61. The van der Waals surface area contributed by atoms with E-state index in [9.17, 15) is 35.6 Å². The smallest absolute Gasteiger partial charge is 0.252 e. The Kier molecular flexibility index (Phi) is 5.63. The normalized spacial score (nSPS) is 19.1. The van der Waals surface area contributed by atoms with Gasteiger partial charge in [0.1, 0.15) is 0 Å². The van der Waals surface area contributed by atoms with Gasteiger partial charge in [0.05, 0.1) is 72.2 Å². The predicted molar refractivity (Wildman–Crippen MR) is 335 cm³/mol. The van der Waals surface area contributed by atoms with Gasteiger partial charge in [0.25, 0.3) is 6.71 Å². The zero-order valence-electron chi connectivity index (χ0n) is 72.8. The Balaban J connectivity index is 1.29. The first-order valence-electron chi connectivity index (χ1n) is 39.5. The summed E-state index contributed by atoms with van der Waals surface area (Å²) in [6.45, 7) is 19.7. The van der Waals surface area contributed by atoms with Gasteiger partial charge in [-0.25, -0.2) is 0 Å². The van der Waals surface area contributed by atoms with E-state index < -0.39 is 219 Å². The molecule has 0 fully saturated rings. The molecule has 0 atom stereocenters. The van der Waals surface area contributed by atoms with Crippen molar-refractivity contribution in [1.82, 2.24) is 4.57 Å². The van der Waals surface area contributed by atoms with Gasteiger partial charge in [0, 0.05) is 65.1 Å². The van der Waals surface area contributed by atoms with E-state index in [1.165, 1.54) is 16.4 Å². The number of hydrogen-bond donors (Lipinski definition) is 0. The highest BCUT2D eigenvalue weighted by molar-refractivity contribution is 7.26. The molecule has 0 unspecified atom stereocenters. The van der Waals surface area contributed by atoms with Crippen LogP contribution in [0.4, 0.5) is 51.2 Å². The minimum absolute atomic E-state index is 0.0252. The Hall–Kier alpha value is -7.54. The van der Waals surface area contributed by atoms with E-state index in [1.807, 2.05) is 0 Å². The maximum Gasteiger partial charge on any atom is 0.252 e. The minimum atomic E-state index is -1.96. The van der Waals surface area contributed by atoms with Crippen LogP contribution < -0.4 is 31.1 Å². The van der Waals surface area contributed by atoms with Gasteiger partial charge < -0.3 is 19.3 Å². The van der Waals surface area contributed by atoms with Gasteiger partial charge in [-0.1, -0.05) is 156 Å². The minimum Gasteiger partial charge on any atom is -0.311 e. The van der Waals surface area contributed by atoms with Gasteiger partial charge in [0.2, 0.25) is 0 Å². The van der Waals surface area contributed by atoms with E-state index in [0.717, 1.165) is 4.90 Å². The highest BCUT2D eigenvalue weighted by Gasteiger charge is 2.47. The molecule has 0 saturated heterocycles. The molecule has 77 heavy (non-hydrogen) atoms. The first-order valence-corrected chi connectivity index (χ1v) is 26.3. The molecule has 0 bridgehead atoms. The number of fused-ring (bicyclic) bond motifs is 12. The second kappa shape index (κ2) is 16.3. The van der Waals surface area contributed by atoms with Crippen molar-refractivity contribution in [2.45, 2.75) is 112 Å². The maximum atomic E-state index is 11.3. The third-order valence-corrected chi connectivity index (χ3v) is 15.5. The molecule has 9 aromatic carbocycles. The zero-order valence-corrected chi connectivity index (χ0v) is 45.6. The molecular weight excluding hydrogens is 952 g/mol. The number of para-hydroxylation sites is 1. The molecule has 3 aliphatic rings. The molecule has 0 radical (unpaired) electrons. The van der Waals surface area contributed by atoms with Crippen LogP contribution in [-0.4, -0.2) is 11.3 Å². The van der Waals surface area contributed by atoms with Crippen molar-refractivity contribution in [3.8, 4) is 5.69 Å². The monoisotopic (exact) mass is 1050 g/mol. The van der Waals surface area contributed by atoms with Crippen molar-refractivity contribution in [1.29, 1.82) is 0 Å². The summed E-state index contributed by atoms with van der Waals surface area (Å²) in [6, 6.07) is -19.9. The van der Waals surface area contributed by atoms with Crippen LogP contribution in [-0.2, 0) is 21.7 Å². The van der Waals surface area contributed by atoms with E-state index >= 15 is 0 Å². The second-order valence-corrected chi connectivity index (χ2v) is 25.1. The first-order chi connectivity index (χ1) is 48.4. The molecule has 4 nitrogen and oxygen atoms in total. The SMILES string of the molecule is [2H]c1c([2H])c2c3c(c1[2H])-n1c4c([2H])c([2H])c(C(C)(C)C)c([2H])c4c4c([2H])c(C(C)(C)C)c([2H])c(c41)N3c1c([2H])c(C)c([2H])c3c1B2c1c([2H])c([2H])c(N(c2c([2H])c([2H])c(C(C)(C)C)c([2H])c2[2H])c2c([2H])c([2H])c(C(C)(C)C)c([2H])c2[2H])c([2H])c1N3c1c([2H])c([2H])c([2H])c2sc3c([2H])c([2H])c([2H])c([2H])c3c12.